The van der Waals surface area contributed by atoms with E-state index < -0.39 is 10.0 Å². The van der Waals surface area contributed by atoms with Gasteiger partial charge in [0.05, 0.1) is 0 Å². The first-order valence-corrected chi connectivity index (χ1v) is 9.45. The van der Waals surface area contributed by atoms with Crippen LogP contribution in [0.3, 0.4) is 0 Å². The van der Waals surface area contributed by atoms with Crippen LogP contribution < -0.4 is 4.72 Å². The Labute approximate surface area is 133 Å². The molecule has 0 aromatic carbocycles. The Kier molecular flexibility index (Phi) is 5.84. The Morgan fingerprint density at radius 3 is 2.75 bits per heavy atom. The van der Waals surface area contributed by atoms with E-state index in [1.807, 2.05) is 0 Å². The first-order chi connectivity index (χ1) is 9.49. The predicted octanol–water partition coefficient (Wildman–Crippen LogP) is 3.75. The third-order valence-corrected chi connectivity index (χ3v) is 5.95. The molecule has 1 N–H and O–H groups in total. The highest BCUT2D eigenvalue weighted by Crippen LogP contribution is 2.26. The summed E-state index contributed by atoms with van der Waals surface area (Å²) in [5.41, 5.74) is 0. The van der Waals surface area contributed by atoms with Gasteiger partial charge >= 0.3 is 0 Å². The Balaban J connectivity index is 1.95. The van der Waals surface area contributed by atoms with Crippen molar-refractivity contribution >= 4 is 37.6 Å². The summed E-state index contributed by atoms with van der Waals surface area (Å²) < 4.78 is 27.6. The van der Waals surface area contributed by atoms with E-state index in [1.54, 1.807) is 0 Å². The molecule has 0 unspecified atom stereocenters. The molecule has 0 amide bonds. The molecule has 1 fully saturated rings. The Bertz CT molecular complexity index is 559. The SMILES string of the molecule is O=S(=O)(NCCC1CCCCC1)c1cc(Br)cnc1Cl. The Hall–Kier alpha value is -0.170. The smallest absolute Gasteiger partial charge is 0.242 e. The van der Waals surface area contributed by atoms with E-state index >= 15 is 0 Å². The minimum absolute atomic E-state index is 0.00151. The van der Waals surface area contributed by atoms with E-state index in [0.717, 1.165) is 6.42 Å². The Morgan fingerprint density at radius 2 is 2.05 bits per heavy atom. The standard InChI is InChI=1S/C13H18BrClN2O2S/c14-11-8-12(13(15)16-9-11)20(18,19)17-7-6-10-4-2-1-3-5-10/h8-10,17H,1-7H2. The molecule has 0 radical (unpaired) electrons. The lowest BCUT2D eigenvalue weighted by atomic mass is 9.87. The maximum Gasteiger partial charge on any atom is 0.243 e. The van der Waals surface area contributed by atoms with Gasteiger partial charge in [0.15, 0.2) is 0 Å². The zero-order chi connectivity index (χ0) is 14.6. The fourth-order valence-corrected chi connectivity index (χ4v) is 4.53. The molecule has 112 valence electrons. The van der Waals surface area contributed by atoms with Crippen molar-refractivity contribution in [3.8, 4) is 0 Å². The highest BCUT2D eigenvalue weighted by Gasteiger charge is 2.20. The van der Waals surface area contributed by atoms with Crippen LogP contribution in [0, 0.1) is 5.92 Å². The molecule has 0 spiro atoms. The van der Waals surface area contributed by atoms with E-state index in [0.29, 0.717) is 16.9 Å². The molecular formula is C13H18BrClN2O2S. The van der Waals surface area contributed by atoms with Crippen molar-refractivity contribution in [1.82, 2.24) is 9.71 Å². The molecule has 4 nitrogen and oxygen atoms in total. The van der Waals surface area contributed by atoms with Crippen LogP contribution in [0.5, 0.6) is 0 Å². The van der Waals surface area contributed by atoms with Gasteiger partial charge < -0.3 is 0 Å². The molecule has 1 aromatic rings. The third-order valence-electron chi connectivity index (χ3n) is 3.63. The second-order valence-electron chi connectivity index (χ2n) is 5.13. The van der Waals surface area contributed by atoms with Crippen LogP contribution in [0.4, 0.5) is 0 Å². The van der Waals surface area contributed by atoms with Crippen LogP contribution in [-0.2, 0) is 10.0 Å². The number of halogens is 2. The molecule has 1 saturated carbocycles. The van der Waals surface area contributed by atoms with Crippen molar-refractivity contribution in [2.75, 3.05) is 6.54 Å². The molecule has 1 aromatic heterocycles. The predicted molar refractivity (Wildman–Crippen MR) is 83.3 cm³/mol. The summed E-state index contributed by atoms with van der Waals surface area (Å²) in [6.45, 7) is 0.454. The highest BCUT2D eigenvalue weighted by atomic mass is 79.9. The summed E-state index contributed by atoms with van der Waals surface area (Å²) in [5.74, 6) is 0.641. The minimum atomic E-state index is -3.59. The number of hydrogen-bond acceptors (Lipinski definition) is 3. The number of hydrogen-bond donors (Lipinski definition) is 1. The summed E-state index contributed by atoms with van der Waals surface area (Å²) in [6, 6.07) is 1.47. The zero-order valence-electron chi connectivity index (χ0n) is 11.1. The molecular weight excluding hydrogens is 364 g/mol. The molecule has 1 aliphatic carbocycles. The fourth-order valence-electron chi connectivity index (χ4n) is 2.54. The zero-order valence-corrected chi connectivity index (χ0v) is 14.3. The van der Waals surface area contributed by atoms with E-state index in [1.165, 1.54) is 44.4 Å². The summed E-state index contributed by atoms with van der Waals surface area (Å²) >= 11 is 9.06. The molecule has 7 heteroatoms. The molecule has 0 saturated heterocycles. The number of pyridine rings is 1. The van der Waals surface area contributed by atoms with Crippen LogP contribution in [0.15, 0.2) is 21.6 Å². The second kappa shape index (κ2) is 7.20. The quantitative estimate of drug-likeness (QED) is 0.790. The van der Waals surface area contributed by atoms with Crippen LogP contribution in [0.25, 0.3) is 0 Å². The van der Waals surface area contributed by atoms with Gasteiger partial charge in [0, 0.05) is 17.2 Å². The van der Waals surface area contributed by atoms with Crippen LogP contribution in [0.2, 0.25) is 5.15 Å². The molecule has 0 bridgehead atoms. The van der Waals surface area contributed by atoms with Gasteiger partial charge in [0.2, 0.25) is 10.0 Å². The molecule has 20 heavy (non-hydrogen) atoms. The van der Waals surface area contributed by atoms with Crippen molar-refractivity contribution in [3.05, 3.63) is 21.9 Å². The monoisotopic (exact) mass is 380 g/mol. The number of aromatic nitrogens is 1. The second-order valence-corrected chi connectivity index (χ2v) is 8.14. The van der Waals surface area contributed by atoms with Gasteiger partial charge in [-0.2, -0.15) is 0 Å². The first kappa shape index (κ1) is 16.2. The Morgan fingerprint density at radius 1 is 1.35 bits per heavy atom. The van der Waals surface area contributed by atoms with Crippen molar-refractivity contribution in [2.24, 2.45) is 5.92 Å². The van der Waals surface area contributed by atoms with Crippen LogP contribution in [-0.4, -0.2) is 19.9 Å². The average Bonchev–Trinajstić information content (AvgIpc) is 2.42. The molecule has 1 aliphatic rings. The summed E-state index contributed by atoms with van der Waals surface area (Å²) in [4.78, 5) is 3.87. The van der Waals surface area contributed by atoms with Crippen molar-refractivity contribution in [3.63, 3.8) is 0 Å². The topological polar surface area (TPSA) is 59.1 Å². The number of sulfonamides is 1. The van der Waals surface area contributed by atoms with Crippen molar-refractivity contribution in [2.45, 2.75) is 43.4 Å². The van der Waals surface area contributed by atoms with Crippen molar-refractivity contribution in [1.29, 1.82) is 0 Å². The third kappa shape index (κ3) is 4.41. The lowest BCUT2D eigenvalue weighted by Crippen LogP contribution is -2.27. The van der Waals surface area contributed by atoms with Gasteiger partial charge in [-0.3, -0.25) is 0 Å². The molecule has 0 aliphatic heterocycles. The first-order valence-electron chi connectivity index (χ1n) is 6.80. The molecule has 2 rings (SSSR count). The van der Waals surface area contributed by atoms with E-state index in [9.17, 15) is 8.42 Å². The average molecular weight is 382 g/mol. The highest BCUT2D eigenvalue weighted by molar-refractivity contribution is 9.10. The normalized spacial score (nSPS) is 17.3. The maximum atomic E-state index is 12.2. The van der Waals surface area contributed by atoms with Gasteiger partial charge in [0.25, 0.3) is 0 Å². The summed E-state index contributed by atoms with van der Waals surface area (Å²) in [7, 11) is -3.59. The van der Waals surface area contributed by atoms with Crippen molar-refractivity contribution < 1.29 is 8.42 Å². The van der Waals surface area contributed by atoms with Gasteiger partial charge in [-0.1, -0.05) is 43.7 Å². The maximum absolute atomic E-state index is 12.2. The summed E-state index contributed by atoms with van der Waals surface area (Å²) in [6.07, 6.45) is 8.61. The van der Waals surface area contributed by atoms with Crippen LogP contribution in [0.1, 0.15) is 38.5 Å². The molecule has 0 atom stereocenters. The lowest BCUT2D eigenvalue weighted by molar-refractivity contribution is 0.339. The van der Waals surface area contributed by atoms with Gasteiger partial charge in [-0.05, 0) is 34.3 Å². The van der Waals surface area contributed by atoms with Gasteiger partial charge in [-0.25, -0.2) is 18.1 Å². The fraction of sp³-hybridized carbons (Fsp3) is 0.615. The van der Waals surface area contributed by atoms with Gasteiger partial charge in [0.1, 0.15) is 10.0 Å². The minimum Gasteiger partial charge on any atom is -0.242 e. The number of nitrogens with zero attached hydrogens (tertiary/aromatic N) is 1. The lowest BCUT2D eigenvalue weighted by Gasteiger charge is -2.21. The van der Waals surface area contributed by atoms with Crippen LogP contribution >= 0.6 is 27.5 Å². The number of nitrogens with one attached hydrogen (secondary N) is 1. The molecule has 1 heterocycles. The van der Waals surface area contributed by atoms with Gasteiger partial charge in [-0.15, -0.1) is 0 Å². The van der Waals surface area contributed by atoms with E-state index in [2.05, 4.69) is 25.6 Å². The largest absolute Gasteiger partial charge is 0.243 e. The van der Waals surface area contributed by atoms with E-state index in [4.69, 9.17) is 11.6 Å². The van der Waals surface area contributed by atoms with E-state index in [-0.39, 0.29) is 10.0 Å². The number of rotatable bonds is 5. The summed E-state index contributed by atoms with van der Waals surface area (Å²) in [5, 5.41) is -0.00151.